The van der Waals surface area contributed by atoms with Gasteiger partial charge in [0.05, 0.1) is 11.4 Å². The van der Waals surface area contributed by atoms with Crippen molar-refractivity contribution in [2.75, 3.05) is 0 Å². The average Bonchev–Trinajstić information content (AvgIpc) is 3.01. The van der Waals surface area contributed by atoms with E-state index in [-0.39, 0.29) is 5.78 Å². The van der Waals surface area contributed by atoms with E-state index in [1.54, 1.807) is 6.92 Å². The van der Waals surface area contributed by atoms with Gasteiger partial charge in [-0.2, -0.15) is 0 Å². The predicted molar refractivity (Wildman–Crippen MR) is 122 cm³/mol. The Kier molecular flexibility index (Phi) is 4.96. The van der Waals surface area contributed by atoms with Gasteiger partial charge in [-0.1, -0.05) is 82.3 Å². The van der Waals surface area contributed by atoms with Crippen LogP contribution in [0.5, 0.6) is 0 Å². The van der Waals surface area contributed by atoms with Crippen molar-refractivity contribution < 1.29 is 4.79 Å². The number of rotatable bonds is 4. The van der Waals surface area contributed by atoms with Crippen molar-refractivity contribution in [3.05, 3.63) is 88.5 Å². The second-order valence-electron chi connectivity index (χ2n) is 8.42. The standard InChI is InChI=1S/C27H27NO/c1-16(2)20-11-8-12-21(17(3)4)26(20)28-27-23-10-7-6-9-22(23)25-15-19(18(5)29)13-14-24(25)27/h6-17H,1-5H3. The Morgan fingerprint density at radius 1 is 0.724 bits per heavy atom. The topological polar surface area (TPSA) is 29.4 Å². The summed E-state index contributed by atoms with van der Waals surface area (Å²) in [5.41, 5.74) is 9.86. The third-order valence-electron chi connectivity index (χ3n) is 5.72. The Hall–Kier alpha value is -3.00. The number of benzene rings is 3. The summed E-state index contributed by atoms with van der Waals surface area (Å²) in [6, 6.07) is 20.9. The van der Waals surface area contributed by atoms with Gasteiger partial charge < -0.3 is 0 Å². The van der Waals surface area contributed by atoms with Crippen molar-refractivity contribution in [1.82, 2.24) is 0 Å². The summed E-state index contributed by atoms with van der Waals surface area (Å²) in [4.78, 5) is 17.2. The molecule has 0 radical (unpaired) electrons. The second-order valence-corrected chi connectivity index (χ2v) is 8.42. The summed E-state index contributed by atoms with van der Waals surface area (Å²) >= 11 is 0. The number of para-hydroxylation sites is 1. The van der Waals surface area contributed by atoms with Crippen LogP contribution in [-0.4, -0.2) is 11.5 Å². The van der Waals surface area contributed by atoms with Crippen LogP contribution in [0.2, 0.25) is 0 Å². The van der Waals surface area contributed by atoms with E-state index >= 15 is 0 Å². The number of ketones is 1. The smallest absolute Gasteiger partial charge is 0.159 e. The zero-order valence-electron chi connectivity index (χ0n) is 17.8. The molecule has 0 bridgehead atoms. The van der Waals surface area contributed by atoms with Crippen LogP contribution in [0.15, 0.2) is 65.7 Å². The molecule has 0 amide bonds. The summed E-state index contributed by atoms with van der Waals surface area (Å²) < 4.78 is 0. The van der Waals surface area contributed by atoms with Gasteiger partial charge in [-0.3, -0.25) is 4.79 Å². The van der Waals surface area contributed by atoms with Crippen LogP contribution in [0.4, 0.5) is 5.69 Å². The van der Waals surface area contributed by atoms with Gasteiger partial charge in [0, 0.05) is 16.7 Å². The van der Waals surface area contributed by atoms with Crippen molar-refractivity contribution in [2.24, 2.45) is 4.99 Å². The molecule has 1 aliphatic rings. The van der Waals surface area contributed by atoms with Gasteiger partial charge in [0.2, 0.25) is 0 Å². The molecule has 0 atom stereocenters. The van der Waals surface area contributed by atoms with E-state index in [4.69, 9.17) is 4.99 Å². The fourth-order valence-electron chi connectivity index (χ4n) is 4.14. The lowest BCUT2D eigenvalue weighted by atomic mass is 9.92. The molecule has 2 nitrogen and oxygen atoms in total. The highest BCUT2D eigenvalue weighted by atomic mass is 16.1. The molecule has 0 heterocycles. The van der Waals surface area contributed by atoms with Gasteiger partial charge in [-0.05, 0) is 47.1 Å². The Morgan fingerprint density at radius 3 is 1.90 bits per heavy atom. The molecular formula is C27H27NO. The molecule has 2 heteroatoms. The fourth-order valence-corrected chi connectivity index (χ4v) is 4.14. The summed E-state index contributed by atoms with van der Waals surface area (Å²) in [7, 11) is 0. The number of carbonyl (C=O) groups excluding carboxylic acids is 1. The average molecular weight is 382 g/mol. The van der Waals surface area contributed by atoms with E-state index in [1.807, 2.05) is 18.2 Å². The maximum absolute atomic E-state index is 11.9. The Morgan fingerprint density at radius 2 is 1.31 bits per heavy atom. The highest BCUT2D eigenvalue weighted by molar-refractivity contribution is 6.25. The molecule has 0 aromatic heterocycles. The van der Waals surface area contributed by atoms with Crippen molar-refractivity contribution in [3.63, 3.8) is 0 Å². The monoisotopic (exact) mass is 381 g/mol. The summed E-state index contributed by atoms with van der Waals surface area (Å²) in [5, 5.41) is 0. The third-order valence-corrected chi connectivity index (χ3v) is 5.72. The molecule has 1 aliphatic carbocycles. The number of aliphatic imine (C=N–C) groups is 1. The summed E-state index contributed by atoms with van der Waals surface area (Å²) in [5.74, 6) is 0.872. The van der Waals surface area contributed by atoms with Crippen LogP contribution >= 0.6 is 0 Å². The van der Waals surface area contributed by atoms with Gasteiger partial charge in [-0.15, -0.1) is 0 Å². The van der Waals surface area contributed by atoms with Gasteiger partial charge in [-0.25, -0.2) is 4.99 Å². The molecule has 3 aromatic carbocycles. The Balaban J connectivity index is 2.01. The highest BCUT2D eigenvalue weighted by Gasteiger charge is 2.26. The minimum absolute atomic E-state index is 0.0860. The number of carbonyl (C=O) groups is 1. The van der Waals surface area contributed by atoms with Crippen LogP contribution in [-0.2, 0) is 0 Å². The van der Waals surface area contributed by atoms with Crippen LogP contribution in [0.3, 0.4) is 0 Å². The van der Waals surface area contributed by atoms with E-state index in [0.717, 1.165) is 39.2 Å². The first-order valence-electron chi connectivity index (χ1n) is 10.3. The molecule has 29 heavy (non-hydrogen) atoms. The number of hydrogen-bond donors (Lipinski definition) is 0. The number of nitrogens with zero attached hydrogens (tertiary/aromatic N) is 1. The minimum Gasteiger partial charge on any atom is -0.295 e. The quantitative estimate of drug-likeness (QED) is 0.341. The van der Waals surface area contributed by atoms with E-state index in [1.165, 1.54) is 11.1 Å². The Bertz CT molecular complexity index is 1110. The maximum Gasteiger partial charge on any atom is 0.159 e. The third kappa shape index (κ3) is 3.33. The Labute approximate surface area is 173 Å². The van der Waals surface area contributed by atoms with Crippen molar-refractivity contribution in [2.45, 2.75) is 46.5 Å². The lowest BCUT2D eigenvalue weighted by molar-refractivity contribution is 0.101. The fraction of sp³-hybridized carbons (Fsp3) is 0.259. The minimum atomic E-state index is 0.0860. The lowest BCUT2D eigenvalue weighted by Crippen LogP contribution is -2.02. The lowest BCUT2D eigenvalue weighted by Gasteiger charge is -2.17. The van der Waals surface area contributed by atoms with E-state index < -0.39 is 0 Å². The molecule has 4 rings (SSSR count). The molecule has 146 valence electrons. The first-order chi connectivity index (χ1) is 13.9. The first kappa shape index (κ1) is 19.3. The zero-order valence-corrected chi connectivity index (χ0v) is 17.8. The normalized spacial score (nSPS) is 13.8. The van der Waals surface area contributed by atoms with Crippen molar-refractivity contribution >= 4 is 17.2 Å². The molecule has 0 aliphatic heterocycles. The van der Waals surface area contributed by atoms with Crippen LogP contribution in [0, 0.1) is 0 Å². The van der Waals surface area contributed by atoms with Gasteiger partial charge in [0.15, 0.2) is 5.78 Å². The van der Waals surface area contributed by atoms with Gasteiger partial charge >= 0.3 is 0 Å². The number of hydrogen-bond acceptors (Lipinski definition) is 2. The largest absolute Gasteiger partial charge is 0.295 e. The van der Waals surface area contributed by atoms with E-state index in [2.05, 4.69) is 70.2 Å². The predicted octanol–water partition coefficient (Wildman–Crippen LogP) is 7.29. The van der Waals surface area contributed by atoms with Gasteiger partial charge in [0.1, 0.15) is 0 Å². The van der Waals surface area contributed by atoms with Crippen LogP contribution in [0.1, 0.15) is 79.1 Å². The van der Waals surface area contributed by atoms with Crippen molar-refractivity contribution in [1.29, 1.82) is 0 Å². The van der Waals surface area contributed by atoms with Crippen molar-refractivity contribution in [3.8, 4) is 11.1 Å². The van der Waals surface area contributed by atoms with E-state index in [9.17, 15) is 4.79 Å². The van der Waals surface area contributed by atoms with Crippen LogP contribution < -0.4 is 0 Å². The maximum atomic E-state index is 11.9. The first-order valence-corrected chi connectivity index (χ1v) is 10.3. The molecule has 0 N–H and O–H groups in total. The molecule has 0 unspecified atom stereocenters. The highest BCUT2D eigenvalue weighted by Crippen LogP contribution is 2.41. The molecule has 0 saturated carbocycles. The SMILES string of the molecule is CC(=O)c1ccc2c(c1)-c1ccccc1C2=Nc1c(C(C)C)cccc1C(C)C. The van der Waals surface area contributed by atoms with Crippen LogP contribution in [0.25, 0.3) is 11.1 Å². The molecule has 0 fully saturated rings. The second kappa shape index (κ2) is 7.44. The molecular weight excluding hydrogens is 354 g/mol. The molecule has 0 saturated heterocycles. The summed E-state index contributed by atoms with van der Waals surface area (Å²) in [6.45, 7) is 10.5. The number of Topliss-reactive ketones (excluding diaryl/α,β-unsaturated/α-hetero) is 1. The number of fused-ring (bicyclic) bond motifs is 3. The zero-order chi connectivity index (χ0) is 20.7. The molecule has 0 spiro atoms. The van der Waals surface area contributed by atoms with E-state index in [0.29, 0.717) is 11.8 Å². The molecule has 3 aromatic rings. The van der Waals surface area contributed by atoms with Gasteiger partial charge in [0.25, 0.3) is 0 Å². The summed E-state index contributed by atoms with van der Waals surface area (Å²) in [6.07, 6.45) is 0.